The highest BCUT2D eigenvalue weighted by molar-refractivity contribution is 7.97. The lowest BCUT2D eigenvalue weighted by molar-refractivity contribution is 0.250. The van der Waals surface area contributed by atoms with Crippen molar-refractivity contribution in [1.82, 2.24) is 9.62 Å². The summed E-state index contributed by atoms with van der Waals surface area (Å²) in [7, 11) is 3.39. The zero-order chi connectivity index (χ0) is 21.9. The molecule has 32 heavy (non-hydrogen) atoms. The molecule has 3 aromatic carbocycles. The molecular weight excluding hydrogens is 420 g/mol. The third kappa shape index (κ3) is 4.31. The van der Waals surface area contributed by atoms with Crippen molar-refractivity contribution >= 4 is 33.9 Å². The Kier molecular flexibility index (Phi) is 6.26. The molecule has 0 radical (unpaired) electrons. The first-order chi connectivity index (χ1) is 15.7. The first-order valence-corrected chi connectivity index (χ1v) is 11.8. The number of hydrogen-bond donors (Lipinski definition) is 1. The summed E-state index contributed by atoms with van der Waals surface area (Å²) >= 11 is 1.67. The van der Waals surface area contributed by atoms with Gasteiger partial charge >= 0.3 is 0 Å². The van der Waals surface area contributed by atoms with Gasteiger partial charge in [0.25, 0.3) is 0 Å². The molecule has 4 aromatic rings. The Morgan fingerprint density at radius 2 is 1.72 bits per heavy atom. The highest BCUT2D eigenvalue weighted by Gasteiger charge is 2.19. The summed E-state index contributed by atoms with van der Waals surface area (Å²) in [5, 5.41) is 2.34. The number of rotatable bonds is 8. The third-order valence-corrected chi connectivity index (χ3v) is 6.93. The SMILES string of the molecule is COc1cc2c(cc1OC)CN(CCCNSc1ccc3c(c1)oc1ccccc13)CC2. The maximum Gasteiger partial charge on any atom is 0.161 e. The number of nitrogens with one attached hydrogen (secondary N) is 1. The minimum atomic E-state index is 0.813. The standard InChI is InChI=1S/C26H28N2O3S/c1-29-25-14-18-10-13-28(17-19(18)15-26(25)30-2)12-5-11-27-32-20-8-9-22-21-6-3-4-7-23(21)31-24(22)16-20/h3-4,6-9,14-16,27H,5,10-13,17H2,1-2H3. The number of benzene rings is 3. The van der Waals surface area contributed by atoms with E-state index >= 15 is 0 Å². The van der Waals surface area contributed by atoms with Crippen molar-refractivity contribution in [3.05, 3.63) is 65.7 Å². The molecule has 166 valence electrons. The lowest BCUT2D eigenvalue weighted by atomic mass is 9.98. The average molecular weight is 449 g/mol. The van der Waals surface area contributed by atoms with Crippen LogP contribution < -0.4 is 14.2 Å². The van der Waals surface area contributed by atoms with Crippen molar-refractivity contribution in [2.24, 2.45) is 0 Å². The van der Waals surface area contributed by atoms with Crippen LogP contribution >= 0.6 is 11.9 Å². The number of methoxy groups -OCH3 is 2. The van der Waals surface area contributed by atoms with E-state index in [4.69, 9.17) is 13.9 Å². The molecule has 0 unspecified atom stereocenters. The van der Waals surface area contributed by atoms with Crippen LogP contribution in [0.2, 0.25) is 0 Å². The van der Waals surface area contributed by atoms with E-state index in [1.807, 2.05) is 12.1 Å². The summed E-state index contributed by atoms with van der Waals surface area (Å²) in [5.74, 6) is 1.63. The van der Waals surface area contributed by atoms with E-state index in [-0.39, 0.29) is 0 Å². The minimum Gasteiger partial charge on any atom is -0.493 e. The lowest BCUT2D eigenvalue weighted by Crippen LogP contribution is -2.32. The summed E-state index contributed by atoms with van der Waals surface area (Å²) in [5.41, 5.74) is 4.60. The largest absolute Gasteiger partial charge is 0.493 e. The van der Waals surface area contributed by atoms with Crippen molar-refractivity contribution < 1.29 is 13.9 Å². The Morgan fingerprint density at radius 1 is 0.938 bits per heavy atom. The van der Waals surface area contributed by atoms with Crippen LogP contribution in [-0.2, 0) is 13.0 Å². The topological polar surface area (TPSA) is 46.9 Å². The molecule has 1 aliphatic rings. The van der Waals surface area contributed by atoms with Crippen LogP contribution in [0.4, 0.5) is 0 Å². The molecule has 5 rings (SSSR count). The van der Waals surface area contributed by atoms with Gasteiger partial charge in [0, 0.05) is 35.3 Å². The molecule has 0 saturated heterocycles. The van der Waals surface area contributed by atoms with Gasteiger partial charge in [0.2, 0.25) is 0 Å². The van der Waals surface area contributed by atoms with Gasteiger partial charge in [0.15, 0.2) is 11.5 Å². The van der Waals surface area contributed by atoms with E-state index in [0.29, 0.717) is 0 Å². The van der Waals surface area contributed by atoms with Gasteiger partial charge in [0.1, 0.15) is 11.2 Å². The summed E-state index contributed by atoms with van der Waals surface area (Å²) in [6, 6.07) is 18.9. The number of nitrogens with zero attached hydrogens (tertiary/aromatic N) is 1. The van der Waals surface area contributed by atoms with Crippen LogP contribution in [0.3, 0.4) is 0 Å². The zero-order valence-electron chi connectivity index (χ0n) is 18.5. The van der Waals surface area contributed by atoms with Gasteiger partial charge in [-0.2, -0.15) is 0 Å². The molecule has 0 amide bonds. The number of para-hydroxylation sites is 1. The summed E-state index contributed by atoms with van der Waals surface area (Å²) in [6.45, 7) is 4.08. The van der Waals surface area contributed by atoms with Gasteiger partial charge in [-0.1, -0.05) is 18.2 Å². The Balaban J connectivity index is 1.12. The Labute approximate surface area is 192 Å². The first kappa shape index (κ1) is 21.2. The smallest absolute Gasteiger partial charge is 0.161 e. The van der Waals surface area contributed by atoms with E-state index in [1.165, 1.54) is 26.8 Å². The fourth-order valence-electron chi connectivity index (χ4n) is 4.41. The van der Waals surface area contributed by atoms with Crippen molar-refractivity contribution in [1.29, 1.82) is 0 Å². The maximum atomic E-state index is 6.00. The van der Waals surface area contributed by atoms with E-state index < -0.39 is 0 Å². The van der Waals surface area contributed by atoms with E-state index in [0.717, 1.165) is 61.7 Å². The van der Waals surface area contributed by atoms with Gasteiger partial charge in [-0.3, -0.25) is 9.62 Å². The fraction of sp³-hybridized carbons (Fsp3) is 0.308. The molecule has 0 aliphatic carbocycles. The molecule has 1 aliphatic heterocycles. The second-order valence-corrected chi connectivity index (χ2v) is 9.07. The Bertz CT molecular complexity index is 1240. The van der Waals surface area contributed by atoms with Gasteiger partial charge in [0.05, 0.1) is 14.2 Å². The molecule has 2 heterocycles. The van der Waals surface area contributed by atoms with Gasteiger partial charge < -0.3 is 13.9 Å². The molecule has 0 bridgehead atoms. The number of furan rings is 1. The Morgan fingerprint density at radius 3 is 2.56 bits per heavy atom. The lowest BCUT2D eigenvalue weighted by Gasteiger charge is -2.29. The molecule has 0 atom stereocenters. The van der Waals surface area contributed by atoms with Crippen molar-refractivity contribution in [2.45, 2.75) is 24.3 Å². The van der Waals surface area contributed by atoms with Crippen LogP contribution in [0.15, 0.2) is 63.9 Å². The van der Waals surface area contributed by atoms with Crippen LogP contribution in [0.1, 0.15) is 17.5 Å². The highest BCUT2D eigenvalue weighted by atomic mass is 32.2. The zero-order valence-corrected chi connectivity index (χ0v) is 19.3. The number of ether oxygens (including phenoxy) is 2. The normalized spacial score (nSPS) is 14.1. The molecule has 0 saturated carbocycles. The van der Waals surface area contributed by atoms with Crippen LogP contribution in [0.25, 0.3) is 21.9 Å². The first-order valence-electron chi connectivity index (χ1n) is 11.0. The minimum absolute atomic E-state index is 0.813. The van der Waals surface area contributed by atoms with Gasteiger partial charge in [-0.05, 0) is 78.9 Å². The third-order valence-electron chi connectivity index (χ3n) is 6.09. The van der Waals surface area contributed by atoms with E-state index in [1.54, 1.807) is 26.2 Å². The highest BCUT2D eigenvalue weighted by Crippen LogP contribution is 2.33. The molecule has 1 aromatic heterocycles. The van der Waals surface area contributed by atoms with Crippen molar-refractivity contribution in [2.75, 3.05) is 33.9 Å². The molecular formula is C26H28N2O3S. The predicted octanol–water partition coefficient (Wildman–Crippen LogP) is 5.65. The monoisotopic (exact) mass is 448 g/mol. The molecule has 1 N–H and O–H groups in total. The molecule has 5 nitrogen and oxygen atoms in total. The van der Waals surface area contributed by atoms with E-state index in [2.05, 4.69) is 52.1 Å². The van der Waals surface area contributed by atoms with Gasteiger partial charge in [-0.25, -0.2) is 0 Å². The van der Waals surface area contributed by atoms with Crippen molar-refractivity contribution in [3.63, 3.8) is 0 Å². The average Bonchev–Trinajstić information content (AvgIpc) is 3.20. The van der Waals surface area contributed by atoms with Crippen molar-refractivity contribution in [3.8, 4) is 11.5 Å². The maximum absolute atomic E-state index is 6.00. The van der Waals surface area contributed by atoms with Gasteiger partial charge in [-0.15, -0.1) is 0 Å². The molecule has 0 fully saturated rings. The van der Waals surface area contributed by atoms with E-state index in [9.17, 15) is 0 Å². The van der Waals surface area contributed by atoms with Crippen LogP contribution in [0.5, 0.6) is 11.5 Å². The number of fused-ring (bicyclic) bond motifs is 4. The molecule has 0 spiro atoms. The fourth-order valence-corrected chi connectivity index (χ4v) is 5.13. The summed E-state index contributed by atoms with van der Waals surface area (Å²) in [6.07, 6.45) is 2.15. The molecule has 6 heteroatoms. The van der Waals surface area contributed by atoms with Crippen LogP contribution in [-0.4, -0.2) is 38.8 Å². The second-order valence-electron chi connectivity index (χ2n) is 8.11. The summed E-state index contributed by atoms with van der Waals surface area (Å²) in [4.78, 5) is 3.69. The quantitative estimate of drug-likeness (QED) is 0.278. The number of hydrogen-bond acceptors (Lipinski definition) is 6. The second kappa shape index (κ2) is 9.45. The van der Waals surface area contributed by atoms with Crippen LogP contribution in [0, 0.1) is 0 Å². The summed E-state index contributed by atoms with van der Waals surface area (Å²) < 4.78 is 20.4. The predicted molar refractivity (Wildman–Crippen MR) is 131 cm³/mol. The Hall–Kier alpha value is -2.67.